The quantitative estimate of drug-likeness (QED) is 0.405. The van der Waals surface area contributed by atoms with Crippen molar-refractivity contribution in [3.63, 3.8) is 0 Å². The van der Waals surface area contributed by atoms with Crippen molar-refractivity contribution in [3.8, 4) is 5.75 Å². The van der Waals surface area contributed by atoms with E-state index in [0.29, 0.717) is 14.5 Å². The summed E-state index contributed by atoms with van der Waals surface area (Å²) in [6.07, 6.45) is 1.22. The molecule has 0 unspecified atom stereocenters. The Labute approximate surface area is 130 Å². The first-order valence-electron chi connectivity index (χ1n) is 3.72. The molecule has 0 aliphatic rings. The third-order valence-electron chi connectivity index (χ3n) is 1.56. The van der Waals surface area contributed by atoms with Crippen LogP contribution in [0.1, 0.15) is 5.56 Å². The van der Waals surface area contributed by atoms with Gasteiger partial charge >= 0.3 is 28.3 Å². The minimum atomic E-state index is -1.19. The second kappa shape index (κ2) is 6.78. The average molecular weight is 461 g/mol. The van der Waals surface area contributed by atoms with Gasteiger partial charge in [-0.15, -0.1) is 0 Å². The zero-order chi connectivity index (χ0) is 11.6. The largest absolute Gasteiger partial charge is 1.00 e. The van der Waals surface area contributed by atoms with Crippen LogP contribution in [0.25, 0.3) is 6.08 Å². The molecular formula is C9H5AgBr2O3S. The molecule has 0 saturated carbocycles. The molecule has 1 aromatic rings. The first-order valence-corrected chi connectivity index (χ1v) is 5.71. The van der Waals surface area contributed by atoms with Crippen molar-refractivity contribution in [3.05, 3.63) is 31.5 Å². The molecule has 0 aliphatic carbocycles. The molecule has 2 N–H and O–H groups in total. The molecule has 16 heavy (non-hydrogen) atoms. The topological polar surface area (TPSA) is 57.5 Å². The number of carboxylic acids is 1. The molecule has 90 valence electrons. The molecule has 0 bridgehead atoms. The van der Waals surface area contributed by atoms with Gasteiger partial charge in [0.1, 0.15) is 5.75 Å². The van der Waals surface area contributed by atoms with E-state index < -0.39 is 5.97 Å². The maximum Gasteiger partial charge on any atom is 1.00 e. The first kappa shape index (κ1) is 16.2. The van der Waals surface area contributed by atoms with E-state index in [2.05, 4.69) is 44.5 Å². The van der Waals surface area contributed by atoms with Crippen molar-refractivity contribution in [2.45, 2.75) is 0 Å². The minimum Gasteiger partial charge on any atom is -0.773 e. The summed E-state index contributed by atoms with van der Waals surface area (Å²) in [4.78, 5) is 10.3. The Morgan fingerprint density at radius 3 is 2.44 bits per heavy atom. The van der Waals surface area contributed by atoms with Gasteiger partial charge in [-0.25, -0.2) is 4.79 Å². The predicted molar refractivity (Wildman–Crippen MR) is 66.5 cm³/mol. The Bertz CT molecular complexity index is 449. The van der Waals surface area contributed by atoms with E-state index in [0.717, 1.165) is 0 Å². The maximum atomic E-state index is 10.5. The van der Waals surface area contributed by atoms with Gasteiger partial charge in [0, 0.05) is 10.0 Å². The summed E-state index contributed by atoms with van der Waals surface area (Å²) in [6.45, 7) is 0. The maximum absolute atomic E-state index is 10.5. The fraction of sp³-hybridized carbons (Fsp3) is 0. The van der Waals surface area contributed by atoms with Gasteiger partial charge < -0.3 is 22.8 Å². The molecule has 0 aliphatic heterocycles. The summed E-state index contributed by atoms with van der Waals surface area (Å²) >= 11 is 11.0. The summed E-state index contributed by atoms with van der Waals surface area (Å²) in [5, 5.41) is 18.2. The van der Waals surface area contributed by atoms with Gasteiger partial charge in [-0.3, -0.25) is 0 Å². The van der Waals surface area contributed by atoms with Crippen molar-refractivity contribution < 1.29 is 37.4 Å². The van der Waals surface area contributed by atoms with E-state index in [-0.39, 0.29) is 33.0 Å². The molecule has 3 nitrogen and oxygen atoms in total. The molecule has 0 fully saturated rings. The summed E-state index contributed by atoms with van der Waals surface area (Å²) < 4.78 is 1.18. The van der Waals surface area contributed by atoms with Crippen LogP contribution in [0, 0.1) is 0 Å². The molecule has 0 spiro atoms. The van der Waals surface area contributed by atoms with Crippen molar-refractivity contribution >= 4 is 56.5 Å². The number of phenolic OH excluding ortho intramolecular Hbond substituents is 1. The second-order valence-corrected chi connectivity index (χ2v) is 4.85. The van der Waals surface area contributed by atoms with Crippen LogP contribution in [-0.4, -0.2) is 16.2 Å². The molecule has 1 aromatic carbocycles. The van der Waals surface area contributed by atoms with E-state index in [1.54, 1.807) is 12.1 Å². The van der Waals surface area contributed by atoms with E-state index in [4.69, 9.17) is 5.11 Å². The molecule has 7 heteroatoms. The number of halogens is 2. The summed E-state index contributed by atoms with van der Waals surface area (Å²) in [7, 11) is 0. The van der Waals surface area contributed by atoms with E-state index in [9.17, 15) is 9.90 Å². The van der Waals surface area contributed by atoms with Crippen LogP contribution in [0.5, 0.6) is 5.75 Å². The summed E-state index contributed by atoms with van der Waals surface area (Å²) in [5.74, 6) is -1.23. The molecular weight excluding hydrogens is 456 g/mol. The Morgan fingerprint density at radius 1 is 1.38 bits per heavy atom. The number of benzene rings is 1. The van der Waals surface area contributed by atoms with Crippen molar-refractivity contribution in [2.24, 2.45) is 0 Å². The number of hydrogen-bond donors (Lipinski definition) is 2. The van der Waals surface area contributed by atoms with Crippen LogP contribution < -0.4 is 0 Å². The fourth-order valence-electron chi connectivity index (χ4n) is 0.899. The minimum absolute atomic E-state index is 0. The van der Waals surface area contributed by atoms with Gasteiger partial charge in [0.05, 0.1) is 4.47 Å². The molecule has 0 aromatic heterocycles. The smallest absolute Gasteiger partial charge is 0.773 e. The van der Waals surface area contributed by atoms with E-state index in [1.807, 2.05) is 0 Å². The third-order valence-corrected chi connectivity index (χ3v) is 2.91. The Morgan fingerprint density at radius 2 is 1.94 bits per heavy atom. The normalized spacial score (nSPS) is 10.8. The second-order valence-electron chi connectivity index (χ2n) is 2.64. The number of phenols is 1. The zero-order valence-electron chi connectivity index (χ0n) is 7.50. The van der Waals surface area contributed by atoms with Crippen molar-refractivity contribution in [2.75, 3.05) is 0 Å². The van der Waals surface area contributed by atoms with Gasteiger partial charge in [0.25, 0.3) is 0 Å². The van der Waals surface area contributed by atoms with Gasteiger partial charge in [-0.2, -0.15) is 0 Å². The monoisotopic (exact) mass is 458 g/mol. The number of aliphatic carboxylic acids is 1. The number of aromatic hydroxyl groups is 1. The van der Waals surface area contributed by atoms with Crippen LogP contribution in [0.2, 0.25) is 0 Å². The van der Waals surface area contributed by atoms with Crippen LogP contribution >= 0.6 is 31.9 Å². The van der Waals surface area contributed by atoms with Crippen LogP contribution in [0.15, 0.2) is 26.0 Å². The standard InChI is InChI=1S/C9H6Br2O3S.Ag/c10-5-1-4(2-7(15)9(13)14)8(12)6(11)3-5;/h1-3,12,15H,(H,13,14);/q;+1/p-1/b7-2-;. The number of hydrogen-bond acceptors (Lipinski definition) is 3. The van der Waals surface area contributed by atoms with Gasteiger partial charge in [-0.05, 0) is 28.1 Å². The summed E-state index contributed by atoms with van der Waals surface area (Å²) in [5.41, 5.74) is 0.351. The van der Waals surface area contributed by atoms with E-state index in [1.165, 1.54) is 6.08 Å². The molecule has 0 saturated heterocycles. The Balaban J connectivity index is 0.00000225. The van der Waals surface area contributed by atoms with Crippen molar-refractivity contribution in [1.82, 2.24) is 0 Å². The molecule has 0 radical (unpaired) electrons. The van der Waals surface area contributed by atoms with Crippen LogP contribution in [-0.2, 0) is 39.8 Å². The molecule has 0 amide bonds. The fourth-order valence-corrected chi connectivity index (χ4v) is 2.28. The van der Waals surface area contributed by atoms with Crippen LogP contribution in [0.4, 0.5) is 0 Å². The first-order chi connectivity index (χ1) is 6.91. The van der Waals surface area contributed by atoms with Crippen LogP contribution in [0.3, 0.4) is 0 Å². The molecule has 0 heterocycles. The van der Waals surface area contributed by atoms with Crippen molar-refractivity contribution in [1.29, 1.82) is 0 Å². The SMILES string of the molecule is O=C(O)/C([S-])=C/c1cc(Br)cc(Br)c1O.[Ag+]. The van der Waals surface area contributed by atoms with E-state index >= 15 is 0 Å². The Hall–Kier alpha value is 0.150. The molecule has 0 atom stereocenters. The molecule has 1 rings (SSSR count). The third kappa shape index (κ3) is 4.20. The predicted octanol–water partition coefficient (Wildman–Crippen LogP) is 2.89. The number of carboxylic acid groups (broad SMARTS) is 1. The number of rotatable bonds is 2. The number of carbonyl (C=O) groups is 1. The summed E-state index contributed by atoms with van der Waals surface area (Å²) in [6, 6.07) is 3.23. The van der Waals surface area contributed by atoms with Gasteiger partial charge in [0.15, 0.2) is 0 Å². The zero-order valence-corrected chi connectivity index (χ0v) is 13.0. The van der Waals surface area contributed by atoms with Gasteiger partial charge in [-0.1, -0.05) is 26.9 Å². The average Bonchev–Trinajstić information content (AvgIpc) is 2.13. The Kier molecular flexibility index (Phi) is 6.85. The van der Waals surface area contributed by atoms with Gasteiger partial charge in [0.2, 0.25) is 0 Å².